The third-order valence-electron chi connectivity index (χ3n) is 2.80. The van der Waals surface area contributed by atoms with E-state index in [9.17, 15) is 0 Å². The predicted octanol–water partition coefficient (Wildman–Crippen LogP) is 4.29. The van der Waals surface area contributed by atoms with Crippen molar-refractivity contribution in [2.45, 2.75) is 0 Å². The van der Waals surface area contributed by atoms with Gasteiger partial charge in [-0.15, -0.1) is 0 Å². The second-order valence-electron chi connectivity index (χ2n) is 4.27. The van der Waals surface area contributed by atoms with Crippen molar-refractivity contribution in [2.75, 3.05) is 4.78 Å². The number of halogens is 1. The minimum atomic E-state index is 0.443. The van der Waals surface area contributed by atoms with E-state index < -0.39 is 0 Å². The van der Waals surface area contributed by atoms with E-state index in [0.29, 0.717) is 8.73 Å². The molecule has 5 heteroatoms. The Labute approximate surface area is 124 Å². The number of allylic oxidation sites excluding steroid dienone is 1. The van der Waals surface area contributed by atoms with Crippen LogP contribution in [0.5, 0.6) is 0 Å². The topological polar surface area (TPSA) is 27.6 Å². The minimum Gasteiger partial charge on any atom is -0.249 e. The second kappa shape index (κ2) is 6.08. The molecule has 0 saturated heterocycles. The summed E-state index contributed by atoms with van der Waals surface area (Å²) >= 11 is 6.00. The second-order valence-corrected chi connectivity index (χ2v) is 5.89. The quantitative estimate of drug-likeness (QED) is 0.857. The Kier molecular flexibility index (Phi) is 4.00. The Balaban J connectivity index is 1.66. The fourth-order valence-electron chi connectivity index (χ4n) is 1.82. The lowest BCUT2D eigenvalue weighted by Gasteiger charge is -2.16. The van der Waals surface area contributed by atoms with Crippen LogP contribution in [0.2, 0.25) is 5.02 Å². The maximum absolute atomic E-state index is 6.00. The molecule has 0 aromatic heterocycles. The zero-order valence-corrected chi connectivity index (χ0v) is 12.4. The molecule has 1 N–H and O–H groups in total. The first-order chi connectivity index (χ1) is 9.81. The molecule has 20 heavy (non-hydrogen) atoms. The van der Waals surface area contributed by atoms with Crippen LogP contribution in [0.1, 0.15) is 5.56 Å². The minimum absolute atomic E-state index is 0.443. The van der Waals surface area contributed by atoms with Crippen molar-refractivity contribution in [1.29, 1.82) is 0 Å². The maximum Gasteiger partial charge on any atom is 0.105 e. The lowest BCUT2D eigenvalue weighted by atomic mass is 10.2. The molecule has 100 valence electrons. The van der Waals surface area contributed by atoms with Gasteiger partial charge in [-0.25, -0.2) is 10.3 Å². The van der Waals surface area contributed by atoms with Gasteiger partial charge >= 0.3 is 0 Å². The van der Waals surface area contributed by atoms with Gasteiger partial charge in [-0.2, -0.15) is 5.10 Å². The number of hydrogen-bond donors (Lipinski definition) is 1. The van der Waals surface area contributed by atoms with Crippen LogP contribution in [0.25, 0.3) is 6.08 Å². The third kappa shape index (κ3) is 3.19. The first-order valence-corrected chi connectivity index (χ1v) is 7.52. The molecule has 0 bridgehead atoms. The van der Waals surface area contributed by atoms with Crippen LogP contribution in [0, 0.1) is 0 Å². The molecule has 1 heterocycles. The first-order valence-electron chi connectivity index (χ1n) is 6.20. The number of nitrogens with zero attached hydrogens (tertiary/aromatic N) is 2. The van der Waals surface area contributed by atoms with E-state index >= 15 is 0 Å². The van der Waals surface area contributed by atoms with Gasteiger partial charge in [0, 0.05) is 5.02 Å². The van der Waals surface area contributed by atoms with Crippen molar-refractivity contribution in [3.05, 3.63) is 71.3 Å². The number of nitrogens with one attached hydrogen (secondary N) is 1. The zero-order valence-electron chi connectivity index (χ0n) is 10.6. The van der Waals surface area contributed by atoms with E-state index in [1.807, 2.05) is 53.3 Å². The number of hydrazone groups is 1. The number of anilines is 1. The Morgan fingerprint density at radius 1 is 1.05 bits per heavy atom. The molecule has 0 spiro atoms. The molecule has 0 fully saturated rings. The molecular formula is C15H13ClN3P. The van der Waals surface area contributed by atoms with Crippen LogP contribution in [0.4, 0.5) is 5.69 Å². The summed E-state index contributed by atoms with van der Waals surface area (Å²) in [4.78, 5) is 0. The summed E-state index contributed by atoms with van der Waals surface area (Å²) in [6.45, 7) is 0. The number of hydrogen-bond acceptors (Lipinski definition) is 3. The summed E-state index contributed by atoms with van der Waals surface area (Å²) in [7, 11) is 0.443. The van der Waals surface area contributed by atoms with Gasteiger partial charge < -0.3 is 0 Å². The van der Waals surface area contributed by atoms with Crippen LogP contribution in [0.3, 0.4) is 0 Å². The zero-order chi connectivity index (χ0) is 13.8. The van der Waals surface area contributed by atoms with Crippen molar-refractivity contribution in [3.63, 3.8) is 0 Å². The van der Waals surface area contributed by atoms with Crippen molar-refractivity contribution in [2.24, 2.45) is 5.10 Å². The van der Waals surface area contributed by atoms with Crippen LogP contribution in [0.15, 0.2) is 65.8 Å². The number of rotatable bonds is 3. The van der Waals surface area contributed by atoms with Gasteiger partial charge in [0.1, 0.15) is 5.45 Å². The fraction of sp³-hybridized carbons (Fsp3) is 0. The third-order valence-corrected chi connectivity index (χ3v) is 4.12. The van der Waals surface area contributed by atoms with E-state index in [1.165, 1.54) is 5.56 Å². The smallest absolute Gasteiger partial charge is 0.105 e. The van der Waals surface area contributed by atoms with Gasteiger partial charge in [0.05, 0.1) is 14.4 Å². The van der Waals surface area contributed by atoms with E-state index in [-0.39, 0.29) is 0 Å². The van der Waals surface area contributed by atoms with Crippen molar-refractivity contribution in [1.82, 2.24) is 5.53 Å². The highest BCUT2D eigenvalue weighted by atomic mass is 35.5. The molecule has 2 aromatic carbocycles. The molecule has 3 rings (SSSR count). The Morgan fingerprint density at radius 3 is 2.70 bits per heavy atom. The highest BCUT2D eigenvalue weighted by Crippen LogP contribution is 2.32. The van der Waals surface area contributed by atoms with Crippen LogP contribution >= 0.6 is 20.3 Å². The van der Waals surface area contributed by atoms with Gasteiger partial charge in [0.25, 0.3) is 0 Å². The monoisotopic (exact) mass is 301 g/mol. The largest absolute Gasteiger partial charge is 0.249 e. The Morgan fingerprint density at radius 2 is 1.90 bits per heavy atom. The molecule has 0 saturated carbocycles. The Hall–Kier alpha value is -1.83. The number of hydrazine groups is 1. The molecule has 1 atom stereocenters. The van der Waals surface area contributed by atoms with Gasteiger partial charge in [-0.1, -0.05) is 54.1 Å². The van der Waals surface area contributed by atoms with E-state index in [2.05, 4.69) is 28.8 Å². The standard InChI is InChI=1S/C15H13ClN3P/c16-13-7-4-8-14(11-13)19-18-17-15(20-19)10-9-12-5-2-1-3-6-12/h1-11,18,20H/b10-9+. The SMILES string of the molecule is Clc1cccc(N2NN=C(/C=C/c3ccccc3)P2)c1. The normalized spacial score (nSPS) is 15.7. The molecule has 1 aliphatic heterocycles. The summed E-state index contributed by atoms with van der Waals surface area (Å²) in [5.41, 5.74) is 6.20. The van der Waals surface area contributed by atoms with Crippen LogP contribution in [-0.2, 0) is 0 Å². The van der Waals surface area contributed by atoms with Crippen LogP contribution < -0.4 is 10.3 Å². The van der Waals surface area contributed by atoms with Crippen molar-refractivity contribution >= 4 is 37.5 Å². The summed E-state index contributed by atoms with van der Waals surface area (Å²) in [6, 6.07) is 17.9. The summed E-state index contributed by atoms with van der Waals surface area (Å²) in [5.74, 6) is 0. The molecule has 1 unspecified atom stereocenters. The van der Waals surface area contributed by atoms with E-state index in [4.69, 9.17) is 11.6 Å². The van der Waals surface area contributed by atoms with Gasteiger partial charge in [-0.05, 0) is 29.8 Å². The van der Waals surface area contributed by atoms with Crippen molar-refractivity contribution in [3.8, 4) is 0 Å². The maximum atomic E-state index is 6.00. The highest BCUT2D eigenvalue weighted by molar-refractivity contribution is 7.61. The van der Waals surface area contributed by atoms with Gasteiger partial charge in [-0.3, -0.25) is 0 Å². The van der Waals surface area contributed by atoms with E-state index in [0.717, 1.165) is 16.2 Å². The lowest BCUT2D eigenvalue weighted by molar-refractivity contribution is 0.827. The van der Waals surface area contributed by atoms with E-state index in [1.54, 1.807) is 0 Å². The summed E-state index contributed by atoms with van der Waals surface area (Å²) < 4.78 is 1.98. The fourth-order valence-corrected chi connectivity index (χ4v) is 2.86. The Bertz CT molecular complexity index is 655. The number of benzene rings is 2. The molecule has 0 aliphatic carbocycles. The molecule has 1 aliphatic rings. The molecule has 0 amide bonds. The molecular weight excluding hydrogens is 289 g/mol. The van der Waals surface area contributed by atoms with Gasteiger partial charge in [0.2, 0.25) is 0 Å². The molecule has 0 radical (unpaired) electrons. The molecule has 2 aromatic rings. The highest BCUT2D eigenvalue weighted by Gasteiger charge is 2.14. The average Bonchev–Trinajstić information content (AvgIpc) is 2.95. The lowest BCUT2D eigenvalue weighted by Crippen LogP contribution is -2.20. The average molecular weight is 302 g/mol. The summed E-state index contributed by atoms with van der Waals surface area (Å²) in [5, 5.41) is 5.04. The van der Waals surface area contributed by atoms with Crippen LogP contribution in [-0.4, -0.2) is 5.45 Å². The summed E-state index contributed by atoms with van der Waals surface area (Å²) in [6.07, 6.45) is 4.10. The van der Waals surface area contributed by atoms with Gasteiger partial charge in [0.15, 0.2) is 0 Å². The van der Waals surface area contributed by atoms with Crippen molar-refractivity contribution < 1.29 is 0 Å². The predicted molar refractivity (Wildman–Crippen MR) is 88.3 cm³/mol. The molecule has 3 nitrogen and oxygen atoms in total. The first kappa shape index (κ1) is 13.2.